The Kier molecular flexibility index (Phi) is 6.13. The van der Waals surface area contributed by atoms with E-state index in [0.717, 1.165) is 13.0 Å². The van der Waals surface area contributed by atoms with Gasteiger partial charge in [0, 0.05) is 19.1 Å². The number of rotatable bonds is 7. The van der Waals surface area contributed by atoms with Crippen LogP contribution in [0, 0.1) is 5.92 Å². The predicted molar refractivity (Wildman–Crippen MR) is 76.4 cm³/mol. The molecule has 0 aliphatic carbocycles. The third kappa shape index (κ3) is 3.70. The summed E-state index contributed by atoms with van der Waals surface area (Å²) in [4.78, 5) is 16.4. The third-order valence-electron chi connectivity index (χ3n) is 3.81. The molecule has 1 amide bonds. The summed E-state index contributed by atoms with van der Waals surface area (Å²) in [7, 11) is 0. The van der Waals surface area contributed by atoms with E-state index in [0.29, 0.717) is 31.6 Å². The van der Waals surface area contributed by atoms with Gasteiger partial charge in [-0.1, -0.05) is 26.0 Å². The average molecular weight is 250 g/mol. The minimum Gasteiger partial charge on any atom is -0.334 e. The average Bonchev–Trinajstić information content (AvgIpc) is 2.69. The van der Waals surface area contributed by atoms with Crippen LogP contribution >= 0.6 is 0 Å². The van der Waals surface area contributed by atoms with Crippen molar-refractivity contribution in [2.24, 2.45) is 5.92 Å². The number of carbonyl (C=O) groups is 1. The maximum atomic E-state index is 12.2. The van der Waals surface area contributed by atoms with E-state index in [4.69, 9.17) is 0 Å². The number of hydrogen-bond acceptors (Lipinski definition) is 2. The van der Waals surface area contributed by atoms with Crippen LogP contribution in [0.25, 0.3) is 0 Å². The molecule has 0 aromatic carbocycles. The zero-order chi connectivity index (χ0) is 13.5. The monoisotopic (exact) mass is 250 g/mol. The van der Waals surface area contributed by atoms with Gasteiger partial charge in [-0.05, 0) is 25.3 Å². The molecule has 2 atom stereocenters. The van der Waals surface area contributed by atoms with Gasteiger partial charge < -0.3 is 4.90 Å². The Labute approximate surface area is 111 Å². The third-order valence-corrected chi connectivity index (χ3v) is 3.81. The molecule has 3 heteroatoms. The van der Waals surface area contributed by atoms with Crippen LogP contribution in [0.5, 0.6) is 0 Å². The molecule has 3 nitrogen and oxygen atoms in total. The van der Waals surface area contributed by atoms with Crippen LogP contribution in [0.3, 0.4) is 0 Å². The van der Waals surface area contributed by atoms with Gasteiger partial charge in [0.1, 0.15) is 0 Å². The van der Waals surface area contributed by atoms with E-state index in [9.17, 15) is 4.79 Å². The molecule has 0 spiro atoms. The Morgan fingerprint density at radius 1 is 1.39 bits per heavy atom. The van der Waals surface area contributed by atoms with Crippen molar-refractivity contribution in [2.45, 2.75) is 32.7 Å². The summed E-state index contributed by atoms with van der Waals surface area (Å²) in [6, 6.07) is 0.559. The van der Waals surface area contributed by atoms with Gasteiger partial charge in [-0.25, -0.2) is 0 Å². The van der Waals surface area contributed by atoms with Crippen LogP contribution in [-0.4, -0.2) is 47.9 Å². The van der Waals surface area contributed by atoms with Crippen LogP contribution in [0.2, 0.25) is 0 Å². The van der Waals surface area contributed by atoms with Gasteiger partial charge in [-0.3, -0.25) is 9.69 Å². The quantitative estimate of drug-likeness (QED) is 0.647. The number of amides is 1. The molecule has 0 saturated carbocycles. The Morgan fingerprint density at radius 2 is 2.00 bits per heavy atom. The molecule has 18 heavy (non-hydrogen) atoms. The highest BCUT2D eigenvalue weighted by Gasteiger charge is 2.31. The second-order valence-electron chi connectivity index (χ2n) is 5.09. The molecule has 1 heterocycles. The van der Waals surface area contributed by atoms with Crippen molar-refractivity contribution in [2.75, 3.05) is 26.2 Å². The minimum atomic E-state index is 0.183. The van der Waals surface area contributed by atoms with Crippen molar-refractivity contribution in [1.82, 2.24) is 9.80 Å². The van der Waals surface area contributed by atoms with Gasteiger partial charge in [-0.2, -0.15) is 0 Å². The summed E-state index contributed by atoms with van der Waals surface area (Å²) in [5, 5.41) is 0. The van der Waals surface area contributed by atoms with Gasteiger partial charge >= 0.3 is 0 Å². The second kappa shape index (κ2) is 7.37. The molecule has 0 aromatic rings. The van der Waals surface area contributed by atoms with Crippen LogP contribution in [0.1, 0.15) is 26.7 Å². The van der Waals surface area contributed by atoms with E-state index in [1.54, 1.807) is 17.1 Å². The topological polar surface area (TPSA) is 23.6 Å². The molecule has 1 aliphatic heterocycles. The van der Waals surface area contributed by atoms with Crippen LogP contribution < -0.4 is 0 Å². The maximum absolute atomic E-state index is 12.2. The fraction of sp³-hybridized carbons (Fsp3) is 0.667. The molecule has 0 aromatic heterocycles. The van der Waals surface area contributed by atoms with E-state index < -0.39 is 0 Å². The number of carbonyl (C=O) groups excluding carboxylic acids is 1. The molecule has 0 radical (unpaired) electrons. The second-order valence-corrected chi connectivity index (χ2v) is 5.09. The molecule has 0 N–H and O–H groups in total. The molecule has 0 unspecified atom stereocenters. The van der Waals surface area contributed by atoms with Gasteiger partial charge in [0.15, 0.2) is 0 Å². The van der Waals surface area contributed by atoms with Crippen molar-refractivity contribution in [3.8, 4) is 0 Å². The zero-order valence-corrected chi connectivity index (χ0v) is 11.8. The number of hydrogen-bond donors (Lipinski definition) is 0. The van der Waals surface area contributed by atoms with Crippen molar-refractivity contribution < 1.29 is 4.79 Å². The molecular weight excluding hydrogens is 224 g/mol. The van der Waals surface area contributed by atoms with Crippen molar-refractivity contribution in [1.29, 1.82) is 0 Å². The first-order valence-electron chi connectivity index (χ1n) is 6.87. The van der Waals surface area contributed by atoms with Crippen LogP contribution in [0.4, 0.5) is 0 Å². The SMILES string of the molecule is C=CCN(CC=C)C(=O)CN1CC[C@H](C)[C@@H]1CC. The van der Waals surface area contributed by atoms with E-state index >= 15 is 0 Å². The standard InChI is InChI=1S/C15H26N2O/c1-5-9-16(10-6-2)15(18)12-17-11-8-13(4)14(17)7-3/h5-6,13-14H,1-2,7-12H2,3-4H3/t13-,14-/m0/s1. The summed E-state index contributed by atoms with van der Waals surface area (Å²) in [5.41, 5.74) is 0. The fourth-order valence-electron chi connectivity index (χ4n) is 2.81. The lowest BCUT2D eigenvalue weighted by Gasteiger charge is -2.28. The summed E-state index contributed by atoms with van der Waals surface area (Å²) in [6.45, 7) is 14.7. The highest BCUT2D eigenvalue weighted by atomic mass is 16.2. The zero-order valence-electron chi connectivity index (χ0n) is 11.8. The van der Waals surface area contributed by atoms with Gasteiger partial charge in [0.05, 0.1) is 6.54 Å². The number of nitrogens with zero attached hydrogens (tertiary/aromatic N) is 2. The fourth-order valence-corrected chi connectivity index (χ4v) is 2.81. The first kappa shape index (κ1) is 15.0. The van der Waals surface area contributed by atoms with Gasteiger partial charge in [-0.15, -0.1) is 13.2 Å². The number of likely N-dealkylation sites (tertiary alicyclic amines) is 1. The molecule has 1 aliphatic rings. The minimum absolute atomic E-state index is 0.183. The van der Waals surface area contributed by atoms with Crippen molar-refractivity contribution >= 4 is 5.91 Å². The molecular formula is C15H26N2O. The predicted octanol–water partition coefficient (Wildman–Crippen LogP) is 2.31. The lowest BCUT2D eigenvalue weighted by molar-refractivity contribution is -0.131. The highest BCUT2D eigenvalue weighted by Crippen LogP contribution is 2.25. The van der Waals surface area contributed by atoms with E-state index in [-0.39, 0.29) is 5.91 Å². The van der Waals surface area contributed by atoms with Crippen molar-refractivity contribution in [3.63, 3.8) is 0 Å². The molecule has 1 fully saturated rings. The summed E-state index contributed by atoms with van der Waals surface area (Å²) in [5.74, 6) is 0.886. The maximum Gasteiger partial charge on any atom is 0.237 e. The van der Waals surface area contributed by atoms with E-state index in [2.05, 4.69) is 31.9 Å². The molecule has 1 saturated heterocycles. The van der Waals surface area contributed by atoms with Gasteiger partial charge in [0.25, 0.3) is 0 Å². The smallest absolute Gasteiger partial charge is 0.237 e. The Morgan fingerprint density at radius 3 is 2.50 bits per heavy atom. The van der Waals surface area contributed by atoms with Crippen LogP contribution in [0.15, 0.2) is 25.3 Å². The highest BCUT2D eigenvalue weighted by molar-refractivity contribution is 5.78. The Balaban J connectivity index is 2.56. The normalized spacial score (nSPS) is 23.9. The Bertz CT molecular complexity index is 291. The molecule has 1 rings (SSSR count). The van der Waals surface area contributed by atoms with E-state index in [1.165, 1.54) is 6.42 Å². The lowest BCUT2D eigenvalue weighted by Crippen LogP contribution is -2.43. The van der Waals surface area contributed by atoms with Crippen LogP contribution in [-0.2, 0) is 4.79 Å². The Hall–Kier alpha value is -1.09. The van der Waals surface area contributed by atoms with Crippen molar-refractivity contribution in [3.05, 3.63) is 25.3 Å². The molecule has 0 bridgehead atoms. The first-order valence-corrected chi connectivity index (χ1v) is 6.87. The summed E-state index contributed by atoms with van der Waals surface area (Å²) < 4.78 is 0. The summed E-state index contributed by atoms with van der Waals surface area (Å²) >= 11 is 0. The first-order chi connectivity index (χ1) is 8.63. The summed E-state index contributed by atoms with van der Waals surface area (Å²) in [6.07, 6.45) is 5.86. The molecule has 102 valence electrons. The van der Waals surface area contributed by atoms with E-state index in [1.807, 2.05) is 0 Å². The van der Waals surface area contributed by atoms with Gasteiger partial charge in [0.2, 0.25) is 5.91 Å². The largest absolute Gasteiger partial charge is 0.334 e. The lowest BCUT2D eigenvalue weighted by atomic mass is 10.0.